The van der Waals surface area contributed by atoms with Crippen molar-refractivity contribution in [3.63, 3.8) is 0 Å². The molecule has 1 aromatic heterocycles. The van der Waals surface area contributed by atoms with Crippen molar-refractivity contribution in [3.8, 4) is 11.5 Å². The Balaban J connectivity index is 1.71. The first-order valence-electron chi connectivity index (χ1n) is 7.84. The van der Waals surface area contributed by atoms with Crippen LogP contribution in [0.25, 0.3) is 0 Å². The molecule has 1 aromatic carbocycles. The van der Waals surface area contributed by atoms with Gasteiger partial charge in [-0.15, -0.1) is 10.2 Å². The van der Waals surface area contributed by atoms with Crippen molar-refractivity contribution in [3.05, 3.63) is 42.1 Å². The van der Waals surface area contributed by atoms with Crippen LogP contribution in [0.1, 0.15) is 10.5 Å². The first-order chi connectivity index (χ1) is 12.2. The summed E-state index contributed by atoms with van der Waals surface area (Å²) in [5, 5.41) is 13.6. The molecule has 8 heteroatoms. The van der Waals surface area contributed by atoms with E-state index in [9.17, 15) is 4.79 Å². The van der Waals surface area contributed by atoms with E-state index >= 15 is 0 Å². The molecule has 0 fully saturated rings. The maximum absolute atomic E-state index is 11.8. The van der Waals surface area contributed by atoms with E-state index in [1.165, 1.54) is 0 Å². The maximum atomic E-state index is 11.8. The molecule has 0 unspecified atom stereocenters. The number of hydrogen-bond donors (Lipinski definition) is 2. The second kappa shape index (κ2) is 10.1. The summed E-state index contributed by atoms with van der Waals surface area (Å²) in [6.45, 7) is 1.90. The fourth-order valence-electron chi connectivity index (χ4n) is 1.92. The molecule has 0 aliphatic heterocycles. The minimum absolute atomic E-state index is 0.260. The van der Waals surface area contributed by atoms with Crippen molar-refractivity contribution in [2.75, 3.05) is 45.8 Å². The number of methoxy groups -OCH3 is 2. The van der Waals surface area contributed by atoms with Crippen LogP contribution in [0.4, 0.5) is 5.82 Å². The molecule has 1 heterocycles. The highest BCUT2D eigenvalue weighted by Gasteiger charge is 2.07. The first-order valence-corrected chi connectivity index (χ1v) is 7.84. The summed E-state index contributed by atoms with van der Waals surface area (Å²) >= 11 is 0. The van der Waals surface area contributed by atoms with Crippen LogP contribution in [0.5, 0.6) is 11.5 Å². The lowest BCUT2D eigenvalue weighted by Crippen LogP contribution is -2.28. The predicted molar refractivity (Wildman–Crippen MR) is 93.2 cm³/mol. The monoisotopic (exact) mass is 346 g/mol. The average molecular weight is 346 g/mol. The van der Waals surface area contributed by atoms with E-state index in [0.29, 0.717) is 32.1 Å². The van der Waals surface area contributed by atoms with Gasteiger partial charge in [-0.2, -0.15) is 0 Å². The van der Waals surface area contributed by atoms with E-state index in [1.54, 1.807) is 26.4 Å². The number of rotatable bonds is 10. The standard InChI is InChI=1S/C17H22N4O4/c1-23-11-9-19-17(22)15-7-8-16(21-20-15)18-10-12-25-14-5-3-13(24-2)4-6-14/h3-8H,9-12H2,1-2H3,(H,18,21)(H,19,22). The number of nitrogens with zero attached hydrogens (tertiary/aromatic N) is 2. The number of carbonyl (C=O) groups excluding carboxylic acids is 1. The maximum Gasteiger partial charge on any atom is 0.271 e. The van der Waals surface area contributed by atoms with Crippen LogP contribution in [-0.2, 0) is 4.74 Å². The minimum atomic E-state index is -0.279. The van der Waals surface area contributed by atoms with Crippen molar-refractivity contribution in [1.29, 1.82) is 0 Å². The molecule has 0 radical (unpaired) electrons. The lowest BCUT2D eigenvalue weighted by molar-refractivity contribution is 0.0931. The highest BCUT2D eigenvalue weighted by Crippen LogP contribution is 2.16. The van der Waals surface area contributed by atoms with Crippen LogP contribution < -0.4 is 20.1 Å². The molecule has 0 atom stereocenters. The van der Waals surface area contributed by atoms with Crippen LogP contribution in [0.2, 0.25) is 0 Å². The van der Waals surface area contributed by atoms with Gasteiger partial charge in [0.2, 0.25) is 0 Å². The van der Waals surface area contributed by atoms with E-state index in [2.05, 4.69) is 20.8 Å². The van der Waals surface area contributed by atoms with Gasteiger partial charge in [0.25, 0.3) is 5.91 Å². The van der Waals surface area contributed by atoms with Crippen molar-refractivity contribution in [1.82, 2.24) is 15.5 Å². The van der Waals surface area contributed by atoms with Crippen LogP contribution in [0.3, 0.4) is 0 Å². The molecule has 2 aromatic rings. The fraction of sp³-hybridized carbons (Fsp3) is 0.353. The van der Waals surface area contributed by atoms with E-state index in [1.807, 2.05) is 24.3 Å². The van der Waals surface area contributed by atoms with E-state index in [4.69, 9.17) is 14.2 Å². The SMILES string of the molecule is COCCNC(=O)c1ccc(NCCOc2ccc(OC)cc2)nn1. The summed E-state index contributed by atoms with van der Waals surface area (Å²) < 4.78 is 15.6. The molecule has 0 aliphatic rings. The number of hydrogen-bond acceptors (Lipinski definition) is 7. The van der Waals surface area contributed by atoms with Crippen LogP contribution in [-0.4, -0.2) is 56.6 Å². The van der Waals surface area contributed by atoms with Gasteiger partial charge in [-0.25, -0.2) is 0 Å². The van der Waals surface area contributed by atoms with Gasteiger partial charge in [0.1, 0.15) is 23.9 Å². The normalized spacial score (nSPS) is 10.2. The van der Waals surface area contributed by atoms with Gasteiger partial charge >= 0.3 is 0 Å². The molecular weight excluding hydrogens is 324 g/mol. The number of carbonyl (C=O) groups is 1. The molecule has 2 N–H and O–H groups in total. The number of nitrogens with one attached hydrogen (secondary N) is 2. The molecule has 2 rings (SSSR count). The van der Waals surface area contributed by atoms with Crippen molar-refractivity contribution in [2.24, 2.45) is 0 Å². The summed E-state index contributed by atoms with van der Waals surface area (Å²) in [4.78, 5) is 11.8. The molecule has 8 nitrogen and oxygen atoms in total. The third-order valence-corrected chi connectivity index (χ3v) is 3.23. The second-order valence-corrected chi connectivity index (χ2v) is 5.00. The minimum Gasteiger partial charge on any atom is -0.497 e. The van der Waals surface area contributed by atoms with E-state index in [0.717, 1.165) is 11.5 Å². The lowest BCUT2D eigenvalue weighted by atomic mass is 10.3. The van der Waals surface area contributed by atoms with Crippen LogP contribution in [0, 0.1) is 0 Å². The molecule has 134 valence electrons. The van der Waals surface area contributed by atoms with Crippen LogP contribution in [0.15, 0.2) is 36.4 Å². The van der Waals surface area contributed by atoms with Gasteiger partial charge in [0.15, 0.2) is 5.69 Å². The van der Waals surface area contributed by atoms with Gasteiger partial charge in [0.05, 0.1) is 20.3 Å². The first kappa shape index (κ1) is 18.5. The largest absolute Gasteiger partial charge is 0.497 e. The third-order valence-electron chi connectivity index (χ3n) is 3.23. The Bertz CT molecular complexity index is 647. The number of anilines is 1. The van der Waals surface area contributed by atoms with Crippen molar-refractivity contribution in [2.45, 2.75) is 0 Å². The van der Waals surface area contributed by atoms with Gasteiger partial charge < -0.3 is 24.8 Å². The zero-order valence-electron chi connectivity index (χ0n) is 14.3. The zero-order chi connectivity index (χ0) is 17.9. The highest BCUT2D eigenvalue weighted by atomic mass is 16.5. The van der Waals surface area contributed by atoms with Gasteiger partial charge in [-0.05, 0) is 36.4 Å². The average Bonchev–Trinajstić information content (AvgIpc) is 2.66. The predicted octanol–water partition coefficient (Wildman–Crippen LogP) is 1.35. The highest BCUT2D eigenvalue weighted by molar-refractivity contribution is 5.92. The molecule has 0 aliphatic carbocycles. The molecule has 25 heavy (non-hydrogen) atoms. The number of aromatic nitrogens is 2. The second-order valence-electron chi connectivity index (χ2n) is 5.00. The Morgan fingerprint density at radius 3 is 2.36 bits per heavy atom. The summed E-state index contributed by atoms with van der Waals surface area (Å²) in [6, 6.07) is 10.7. The number of benzene rings is 1. The summed E-state index contributed by atoms with van der Waals surface area (Å²) in [7, 11) is 3.19. The Labute approximate surface area is 146 Å². The van der Waals surface area contributed by atoms with Crippen molar-refractivity contribution >= 4 is 11.7 Å². The molecule has 0 saturated heterocycles. The Hall–Kier alpha value is -2.87. The zero-order valence-corrected chi connectivity index (χ0v) is 14.3. The van der Waals surface area contributed by atoms with Gasteiger partial charge in [-0.1, -0.05) is 0 Å². The third kappa shape index (κ3) is 6.27. The molecular formula is C17H22N4O4. The fourth-order valence-corrected chi connectivity index (χ4v) is 1.92. The summed E-state index contributed by atoms with van der Waals surface area (Å²) in [6.07, 6.45) is 0. The van der Waals surface area contributed by atoms with Crippen molar-refractivity contribution < 1.29 is 19.0 Å². The lowest BCUT2D eigenvalue weighted by Gasteiger charge is -2.08. The number of ether oxygens (including phenoxy) is 3. The van der Waals surface area contributed by atoms with Crippen LogP contribution >= 0.6 is 0 Å². The summed E-state index contributed by atoms with van der Waals surface area (Å²) in [5.74, 6) is 1.84. The van der Waals surface area contributed by atoms with Gasteiger partial charge in [-0.3, -0.25) is 4.79 Å². The number of amides is 1. The molecule has 1 amide bonds. The summed E-state index contributed by atoms with van der Waals surface area (Å²) in [5.41, 5.74) is 0.260. The molecule has 0 saturated carbocycles. The van der Waals surface area contributed by atoms with Gasteiger partial charge in [0, 0.05) is 13.7 Å². The molecule has 0 bridgehead atoms. The topological polar surface area (TPSA) is 94.6 Å². The Morgan fingerprint density at radius 1 is 0.960 bits per heavy atom. The van der Waals surface area contributed by atoms with E-state index < -0.39 is 0 Å². The molecule has 0 spiro atoms. The Kier molecular flexibility index (Phi) is 7.45. The Morgan fingerprint density at radius 2 is 1.72 bits per heavy atom. The smallest absolute Gasteiger partial charge is 0.271 e. The quantitative estimate of drug-likeness (QED) is 0.627. The van der Waals surface area contributed by atoms with E-state index in [-0.39, 0.29) is 11.6 Å².